The molecule has 0 bridgehead atoms. The van der Waals surface area contributed by atoms with Crippen LogP contribution in [0.2, 0.25) is 0 Å². The van der Waals surface area contributed by atoms with Gasteiger partial charge in [0.25, 0.3) is 0 Å². The largest absolute Gasteiger partial charge is 0.390 e. The van der Waals surface area contributed by atoms with Gasteiger partial charge in [0, 0.05) is 20.2 Å². The molecule has 0 spiro atoms. The highest BCUT2D eigenvalue weighted by atomic mass is 16.5. The standard InChI is InChI=1S/C11H18N2O2/c1-3-13(7-8-15-2)11-6-4-5-10(9-14)12-11/h4-6,14H,3,7-9H2,1-2H3. The fourth-order valence-electron chi connectivity index (χ4n) is 1.37. The number of aliphatic hydroxyl groups is 1. The first kappa shape index (κ1) is 11.9. The van der Waals surface area contributed by atoms with Crippen molar-refractivity contribution in [1.82, 2.24) is 4.98 Å². The zero-order chi connectivity index (χ0) is 11.1. The van der Waals surface area contributed by atoms with E-state index >= 15 is 0 Å². The summed E-state index contributed by atoms with van der Waals surface area (Å²) in [5, 5.41) is 8.99. The summed E-state index contributed by atoms with van der Waals surface area (Å²) < 4.78 is 5.03. The Hall–Kier alpha value is -1.13. The van der Waals surface area contributed by atoms with E-state index in [0.717, 1.165) is 18.9 Å². The van der Waals surface area contributed by atoms with Crippen molar-refractivity contribution in [3.63, 3.8) is 0 Å². The molecule has 0 saturated heterocycles. The first-order chi connectivity index (χ1) is 7.31. The highest BCUT2D eigenvalue weighted by Crippen LogP contribution is 2.10. The van der Waals surface area contributed by atoms with Crippen LogP contribution in [0, 0.1) is 0 Å². The molecule has 0 fully saturated rings. The van der Waals surface area contributed by atoms with Crippen LogP contribution in [-0.2, 0) is 11.3 Å². The molecule has 4 heteroatoms. The Balaban J connectivity index is 2.72. The van der Waals surface area contributed by atoms with Gasteiger partial charge in [-0.15, -0.1) is 0 Å². The van der Waals surface area contributed by atoms with Crippen LogP contribution < -0.4 is 4.90 Å². The number of ether oxygens (including phenoxy) is 1. The van der Waals surface area contributed by atoms with E-state index in [0.29, 0.717) is 12.3 Å². The van der Waals surface area contributed by atoms with E-state index in [1.807, 2.05) is 18.2 Å². The first-order valence-electron chi connectivity index (χ1n) is 5.12. The van der Waals surface area contributed by atoms with Gasteiger partial charge in [-0.3, -0.25) is 0 Å². The summed E-state index contributed by atoms with van der Waals surface area (Å²) in [5.41, 5.74) is 0.698. The summed E-state index contributed by atoms with van der Waals surface area (Å²) in [6, 6.07) is 5.66. The lowest BCUT2D eigenvalue weighted by atomic mass is 10.3. The van der Waals surface area contributed by atoms with Crippen molar-refractivity contribution in [3.05, 3.63) is 23.9 Å². The van der Waals surface area contributed by atoms with E-state index in [-0.39, 0.29) is 6.61 Å². The zero-order valence-corrected chi connectivity index (χ0v) is 9.31. The summed E-state index contributed by atoms with van der Waals surface area (Å²) in [7, 11) is 1.69. The number of aromatic nitrogens is 1. The van der Waals surface area contributed by atoms with Gasteiger partial charge in [0.15, 0.2) is 0 Å². The fraction of sp³-hybridized carbons (Fsp3) is 0.545. The molecule has 15 heavy (non-hydrogen) atoms. The van der Waals surface area contributed by atoms with Crippen LogP contribution >= 0.6 is 0 Å². The van der Waals surface area contributed by atoms with Crippen molar-refractivity contribution >= 4 is 5.82 Å². The molecule has 1 N–H and O–H groups in total. The smallest absolute Gasteiger partial charge is 0.128 e. The number of methoxy groups -OCH3 is 1. The molecule has 0 aliphatic carbocycles. The Labute approximate surface area is 90.5 Å². The monoisotopic (exact) mass is 210 g/mol. The Morgan fingerprint density at radius 2 is 2.27 bits per heavy atom. The van der Waals surface area contributed by atoms with Crippen LogP contribution in [0.3, 0.4) is 0 Å². The molecule has 84 valence electrons. The Bertz CT molecular complexity index is 292. The predicted octanol–water partition coefficient (Wildman–Crippen LogP) is 1.05. The third kappa shape index (κ3) is 3.49. The summed E-state index contributed by atoms with van der Waals surface area (Å²) in [6.07, 6.45) is 0. The number of nitrogens with zero attached hydrogens (tertiary/aromatic N) is 2. The van der Waals surface area contributed by atoms with Crippen LogP contribution in [0.25, 0.3) is 0 Å². The normalized spacial score (nSPS) is 10.3. The van der Waals surface area contributed by atoms with E-state index in [9.17, 15) is 0 Å². The van der Waals surface area contributed by atoms with E-state index in [4.69, 9.17) is 9.84 Å². The second-order valence-corrected chi connectivity index (χ2v) is 3.22. The summed E-state index contributed by atoms with van der Waals surface area (Å²) in [4.78, 5) is 6.45. The molecule has 1 aromatic heterocycles. The molecule has 4 nitrogen and oxygen atoms in total. The molecule has 1 heterocycles. The quantitative estimate of drug-likeness (QED) is 0.762. The van der Waals surface area contributed by atoms with Gasteiger partial charge in [0.2, 0.25) is 0 Å². The van der Waals surface area contributed by atoms with Crippen LogP contribution in [0.15, 0.2) is 18.2 Å². The number of hydrogen-bond donors (Lipinski definition) is 1. The van der Waals surface area contributed by atoms with Crippen molar-refractivity contribution in [2.75, 3.05) is 31.7 Å². The number of likely N-dealkylation sites (N-methyl/N-ethyl adjacent to an activating group) is 1. The van der Waals surface area contributed by atoms with Crippen molar-refractivity contribution in [2.24, 2.45) is 0 Å². The molecule has 0 aromatic carbocycles. The molecule has 0 aliphatic rings. The van der Waals surface area contributed by atoms with Crippen molar-refractivity contribution in [3.8, 4) is 0 Å². The lowest BCUT2D eigenvalue weighted by Gasteiger charge is -2.21. The van der Waals surface area contributed by atoms with Crippen molar-refractivity contribution in [1.29, 1.82) is 0 Å². The number of hydrogen-bond acceptors (Lipinski definition) is 4. The molecule has 1 aromatic rings. The molecular weight excluding hydrogens is 192 g/mol. The molecular formula is C11H18N2O2. The summed E-state index contributed by atoms with van der Waals surface area (Å²) >= 11 is 0. The van der Waals surface area contributed by atoms with Gasteiger partial charge < -0.3 is 14.7 Å². The summed E-state index contributed by atoms with van der Waals surface area (Å²) in [5.74, 6) is 0.890. The molecule has 0 aliphatic heterocycles. The highest BCUT2D eigenvalue weighted by Gasteiger charge is 2.05. The predicted molar refractivity (Wildman–Crippen MR) is 59.9 cm³/mol. The highest BCUT2D eigenvalue weighted by molar-refractivity contribution is 5.38. The van der Waals surface area contributed by atoms with Crippen LogP contribution in [0.4, 0.5) is 5.82 Å². The van der Waals surface area contributed by atoms with Gasteiger partial charge in [-0.25, -0.2) is 4.98 Å². The third-order valence-electron chi connectivity index (χ3n) is 2.23. The molecule has 0 radical (unpaired) electrons. The number of pyridine rings is 1. The number of rotatable bonds is 6. The second kappa shape index (κ2) is 6.37. The van der Waals surface area contributed by atoms with Crippen LogP contribution in [-0.4, -0.2) is 36.9 Å². The number of aliphatic hydroxyl groups excluding tert-OH is 1. The summed E-state index contributed by atoms with van der Waals surface area (Å²) in [6.45, 7) is 4.43. The lowest BCUT2D eigenvalue weighted by Crippen LogP contribution is -2.27. The van der Waals surface area contributed by atoms with E-state index in [1.165, 1.54) is 0 Å². The first-order valence-corrected chi connectivity index (χ1v) is 5.12. The molecule has 0 amide bonds. The minimum Gasteiger partial charge on any atom is -0.390 e. The minimum atomic E-state index is -0.0182. The number of anilines is 1. The van der Waals surface area contributed by atoms with E-state index in [1.54, 1.807) is 7.11 Å². The molecule has 1 rings (SSSR count). The van der Waals surface area contributed by atoms with Crippen molar-refractivity contribution < 1.29 is 9.84 Å². The minimum absolute atomic E-state index is 0.0182. The van der Waals surface area contributed by atoms with Crippen LogP contribution in [0.1, 0.15) is 12.6 Å². The molecule has 0 saturated carbocycles. The molecule has 0 unspecified atom stereocenters. The average Bonchev–Trinajstić information content (AvgIpc) is 2.30. The van der Waals surface area contributed by atoms with Crippen molar-refractivity contribution in [2.45, 2.75) is 13.5 Å². The Morgan fingerprint density at radius 1 is 1.47 bits per heavy atom. The van der Waals surface area contributed by atoms with Crippen LogP contribution in [0.5, 0.6) is 0 Å². The maximum Gasteiger partial charge on any atom is 0.128 e. The third-order valence-corrected chi connectivity index (χ3v) is 2.23. The lowest BCUT2D eigenvalue weighted by molar-refractivity contribution is 0.205. The van der Waals surface area contributed by atoms with Gasteiger partial charge >= 0.3 is 0 Å². The Morgan fingerprint density at radius 3 is 2.87 bits per heavy atom. The van der Waals surface area contributed by atoms with Gasteiger partial charge in [-0.05, 0) is 19.1 Å². The maximum absolute atomic E-state index is 8.99. The van der Waals surface area contributed by atoms with Gasteiger partial charge in [0.1, 0.15) is 5.82 Å². The second-order valence-electron chi connectivity index (χ2n) is 3.22. The van der Waals surface area contributed by atoms with Gasteiger partial charge in [-0.1, -0.05) is 6.07 Å². The maximum atomic E-state index is 8.99. The Kier molecular flexibility index (Phi) is 5.07. The van der Waals surface area contributed by atoms with E-state index < -0.39 is 0 Å². The topological polar surface area (TPSA) is 45.6 Å². The van der Waals surface area contributed by atoms with E-state index in [2.05, 4.69) is 16.8 Å². The zero-order valence-electron chi connectivity index (χ0n) is 9.31. The molecule has 0 atom stereocenters. The average molecular weight is 210 g/mol. The van der Waals surface area contributed by atoms with Gasteiger partial charge in [0.05, 0.1) is 18.9 Å². The van der Waals surface area contributed by atoms with Gasteiger partial charge in [-0.2, -0.15) is 0 Å². The fourth-order valence-corrected chi connectivity index (χ4v) is 1.37. The SMILES string of the molecule is CCN(CCOC)c1cccc(CO)n1.